The van der Waals surface area contributed by atoms with Crippen molar-refractivity contribution in [1.82, 2.24) is 9.88 Å². The predicted molar refractivity (Wildman–Crippen MR) is 88.8 cm³/mol. The molecule has 1 saturated carbocycles. The van der Waals surface area contributed by atoms with E-state index in [4.69, 9.17) is 0 Å². The Kier molecular flexibility index (Phi) is 4.62. The largest absolute Gasteiger partial charge is 0.353 e. The Morgan fingerprint density at radius 2 is 1.86 bits per heavy atom. The Labute approximate surface area is 132 Å². The predicted octanol–water partition coefficient (Wildman–Crippen LogP) is 3.83. The normalized spacial score (nSPS) is 16.6. The van der Waals surface area contributed by atoms with Crippen molar-refractivity contribution in [3.05, 3.63) is 59.9 Å². The second-order valence-electron chi connectivity index (χ2n) is 6.26. The van der Waals surface area contributed by atoms with Crippen LogP contribution < -0.4 is 5.32 Å². The van der Waals surface area contributed by atoms with E-state index in [0.29, 0.717) is 12.5 Å². The maximum atomic E-state index is 12.5. The molecule has 0 spiro atoms. The highest BCUT2D eigenvalue weighted by atomic mass is 16.1. The first-order valence-electron chi connectivity index (χ1n) is 8.21. The number of carbonyl (C=O) groups excluding carboxylic acids is 1. The van der Waals surface area contributed by atoms with Crippen LogP contribution >= 0.6 is 0 Å². The zero-order valence-corrected chi connectivity index (χ0v) is 13.2. The summed E-state index contributed by atoms with van der Waals surface area (Å²) in [5, 5.41) is 3.21. The minimum Gasteiger partial charge on any atom is -0.353 e. The van der Waals surface area contributed by atoms with Gasteiger partial charge in [0.05, 0.1) is 12.5 Å². The van der Waals surface area contributed by atoms with E-state index in [-0.39, 0.29) is 11.9 Å². The van der Waals surface area contributed by atoms with Crippen LogP contribution in [0, 0.1) is 6.92 Å². The van der Waals surface area contributed by atoms with Crippen LogP contribution in [-0.2, 0) is 4.79 Å². The van der Waals surface area contributed by atoms with E-state index in [9.17, 15) is 4.79 Å². The number of nitrogens with one attached hydrogen (secondary N) is 1. The molecular formula is C19H24N2O. The zero-order valence-electron chi connectivity index (χ0n) is 13.2. The molecule has 3 nitrogen and oxygen atoms in total. The third-order valence-corrected chi connectivity index (χ3v) is 4.63. The van der Waals surface area contributed by atoms with Crippen molar-refractivity contribution in [2.75, 3.05) is 0 Å². The minimum absolute atomic E-state index is 0.0672. The molecule has 22 heavy (non-hydrogen) atoms. The van der Waals surface area contributed by atoms with Crippen molar-refractivity contribution in [1.29, 1.82) is 0 Å². The maximum Gasteiger partial charge on any atom is 0.222 e. The number of nitrogens with zero attached hydrogens (tertiary/aromatic N) is 1. The van der Waals surface area contributed by atoms with Gasteiger partial charge in [0.1, 0.15) is 0 Å². The second kappa shape index (κ2) is 6.82. The third kappa shape index (κ3) is 3.41. The topological polar surface area (TPSA) is 34.0 Å². The van der Waals surface area contributed by atoms with E-state index in [1.807, 2.05) is 36.7 Å². The van der Waals surface area contributed by atoms with Gasteiger partial charge in [0.2, 0.25) is 5.91 Å². The minimum atomic E-state index is 0.0672. The summed E-state index contributed by atoms with van der Waals surface area (Å²) in [5.74, 6) is 0.161. The van der Waals surface area contributed by atoms with Gasteiger partial charge < -0.3 is 9.88 Å². The quantitative estimate of drug-likeness (QED) is 0.894. The van der Waals surface area contributed by atoms with E-state index in [1.165, 1.54) is 24.0 Å². The van der Waals surface area contributed by atoms with Gasteiger partial charge in [0.15, 0.2) is 0 Å². The van der Waals surface area contributed by atoms with Crippen molar-refractivity contribution in [2.45, 2.75) is 51.1 Å². The van der Waals surface area contributed by atoms with Crippen molar-refractivity contribution in [2.24, 2.45) is 0 Å². The van der Waals surface area contributed by atoms with Crippen LogP contribution in [0.4, 0.5) is 0 Å². The molecule has 0 unspecified atom stereocenters. The van der Waals surface area contributed by atoms with Crippen molar-refractivity contribution in [3.63, 3.8) is 0 Å². The van der Waals surface area contributed by atoms with E-state index in [2.05, 4.69) is 28.9 Å². The van der Waals surface area contributed by atoms with E-state index >= 15 is 0 Å². The lowest BCUT2D eigenvalue weighted by molar-refractivity contribution is -0.122. The highest BCUT2D eigenvalue weighted by Gasteiger charge is 2.22. The SMILES string of the molecule is Cc1ccccc1[C@@H](CC(=O)NC1CCCC1)n1cccc1. The van der Waals surface area contributed by atoms with Crippen LogP contribution in [-0.4, -0.2) is 16.5 Å². The fourth-order valence-electron chi connectivity index (χ4n) is 3.42. The number of hydrogen-bond acceptors (Lipinski definition) is 1. The Bertz CT molecular complexity index is 612. The van der Waals surface area contributed by atoms with E-state index in [0.717, 1.165) is 12.8 Å². The van der Waals surface area contributed by atoms with Gasteiger partial charge in [0, 0.05) is 18.4 Å². The molecule has 1 aliphatic carbocycles. The van der Waals surface area contributed by atoms with Gasteiger partial charge in [-0.2, -0.15) is 0 Å². The molecule has 3 heteroatoms. The van der Waals surface area contributed by atoms with Gasteiger partial charge in [-0.25, -0.2) is 0 Å². The standard InChI is InChI=1S/C19H24N2O/c1-15-8-2-5-11-17(15)18(21-12-6-7-13-21)14-19(22)20-16-9-3-4-10-16/h2,5-8,11-13,16,18H,3-4,9-10,14H2,1H3,(H,20,22)/t18-/m1/s1. The molecule has 1 atom stereocenters. The van der Waals surface area contributed by atoms with Crippen molar-refractivity contribution in [3.8, 4) is 0 Å². The Morgan fingerprint density at radius 1 is 1.18 bits per heavy atom. The Morgan fingerprint density at radius 3 is 2.55 bits per heavy atom. The van der Waals surface area contributed by atoms with Crippen LogP contribution in [0.1, 0.15) is 49.3 Å². The highest BCUT2D eigenvalue weighted by molar-refractivity contribution is 5.77. The Balaban J connectivity index is 1.77. The molecule has 116 valence electrons. The molecule has 1 fully saturated rings. The second-order valence-corrected chi connectivity index (χ2v) is 6.26. The molecule has 1 aromatic carbocycles. The molecule has 1 aliphatic rings. The summed E-state index contributed by atoms with van der Waals surface area (Å²) < 4.78 is 2.14. The van der Waals surface area contributed by atoms with Gasteiger partial charge >= 0.3 is 0 Å². The van der Waals surface area contributed by atoms with Crippen LogP contribution in [0.25, 0.3) is 0 Å². The average molecular weight is 296 g/mol. The fraction of sp³-hybridized carbons (Fsp3) is 0.421. The molecule has 0 bridgehead atoms. The number of aryl methyl sites for hydroxylation is 1. The van der Waals surface area contributed by atoms with Crippen LogP contribution in [0.15, 0.2) is 48.8 Å². The molecule has 2 aromatic rings. The molecular weight excluding hydrogens is 272 g/mol. The first kappa shape index (κ1) is 14.9. The lowest BCUT2D eigenvalue weighted by atomic mass is 9.98. The zero-order chi connectivity index (χ0) is 15.4. The monoisotopic (exact) mass is 296 g/mol. The number of carbonyl (C=O) groups is 1. The van der Waals surface area contributed by atoms with E-state index in [1.54, 1.807) is 0 Å². The number of rotatable bonds is 5. The van der Waals surface area contributed by atoms with Crippen molar-refractivity contribution >= 4 is 5.91 Å². The summed E-state index contributed by atoms with van der Waals surface area (Å²) in [4.78, 5) is 12.5. The van der Waals surface area contributed by atoms with Crippen LogP contribution in [0.5, 0.6) is 0 Å². The van der Waals surface area contributed by atoms with Crippen LogP contribution in [0.2, 0.25) is 0 Å². The first-order chi connectivity index (χ1) is 10.7. The molecule has 1 heterocycles. The van der Waals surface area contributed by atoms with E-state index < -0.39 is 0 Å². The Hall–Kier alpha value is -2.03. The summed E-state index contributed by atoms with van der Waals surface area (Å²) in [6.07, 6.45) is 9.32. The summed E-state index contributed by atoms with van der Waals surface area (Å²) in [6, 6.07) is 12.8. The van der Waals surface area contributed by atoms with Gasteiger partial charge in [-0.15, -0.1) is 0 Å². The summed E-state index contributed by atoms with van der Waals surface area (Å²) in [6.45, 7) is 2.11. The average Bonchev–Trinajstić information content (AvgIpc) is 3.19. The molecule has 0 aliphatic heterocycles. The van der Waals surface area contributed by atoms with Gasteiger partial charge in [-0.05, 0) is 43.0 Å². The smallest absolute Gasteiger partial charge is 0.222 e. The molecule has 1 amide bonds. The fourth-order valence-corrected chi connectivity index (χ4v) is 3.42. The highest BCUT2D eigenvalue weighted by Crippen LogP contribution is 2.26. The van der Waals surface area contributed by atoms with Gasteiger partial charge in [-0.3, -0.25) is 4.79 Å². The van der Waals surface area contributed by atoms with Gasteiger partial charge in [-0.1, -0.05) is 37.1 Å². The summed E-state index contributed by atoms with van der Waals surface area (Å²) in [5.41, 5.74) is 2.45. The number of benzene rings is 1. The lowest BCUT2D eigenvalue weighted by Crippen LogP contribution is -2.34. The molecule has 3 rings (SSSR count). The maximum absolute atomic E-state index is 12.5. The molecule has 0 radical (unpaired) electrons. The van der Waals surface area contributed by atoms with Crippen molar-refractivity contribution < 1.29 is 4.79 Å². The molecule has 0 saturated heterocycles. The molecule has 1 aromatic heterocycles. The first-order valence-corrected chi connectivity index (χ1v) is 8.21. The van der Waals surface area contributed by atoms with Gasteiger partial charge in [0.25, 0.3) is 0 Å². The lowest BCUT2D eigenvalue weighted by Gasteiger charge is -2.22. The van der Waals surface area contributed by atoms with Crippen LogP contribution in [0.3, 0.4) is 0 Å². The number of aromatic nitrogens is 1. The summed E-state index contributed by atoms with van der Waals surface area (Å²) in [7, 11) is 0. The number of amides is 1. The number of hydrogen-bond donors (Lipinski definition) is 1. The third-order valence-electron chi connectivity index (χ3n) is 4.63. The summed E-state index contributed by atoms with van der Waals surface area (Å²) >= 11 is 0. The molecule has 1 N–H and O–H groups in total.